The summed E-state index contributed by atoms with van der Waals surface area (Å²) in [5.41, 5.74) is 1.44. The van der Waals surface area contributed by atoms with Crippen molar-refractivity contribution in [3.05, 3.63) is 29.3 Å². The average molecular weight is 279 g/mol. The van der Waals surface area contributed by atoms with Gasteiger partial charge < -0.3 is 19.5 Å². The van der Waals surface area contributed by atoms with Gasteiger partial charge in [-0.05, 0) is 23.8 Å². The smallest absolute Gasteiger partial charge is 0.337 e. The minimum atomic E-state index is -0.371. The van der Waals surface area contributed by atoms with Crippen LogP contribution in [0.25, 0.3) is 0 Å². The van der Waals surface area contributed by atoms with E-state index >= 15 is 0 Å². The Labute approximate surface area is 117 Å². The van der Waals surface area contributed by atoms with Gasteiger partial charge in [0.05, 0.1) is 19.2 Å². The topological polar surface area (TPSA) is 73.9 Å². The molecule has 1 aromatic carbocycles. The van der Waals surface area contributed by atoms with Crippen LogP contribution in [0.2, 0.25) is 0 Å². The lowest BCUT2D eigenvalue weighted by molar-refractivity contribution is -0.125. The zero-order valence-corrected chi connectivity index (χ0v) is 11.5. The maximum Gasteiger partial charge on any atom is 0.337 e. The summed E-state index contributed by atoms with van der Waals surface area (Å²) >= 11 is 0. The average Bonchev–Trinajstić information content (AvgIpc) is 2.86. The summed E-state index contributed by atoms with van der Waals surface area (Å²) in [6, 6.07) is 5.17. The lowest BCUT2D eigenvalue weighted by atomic mass is 10.1. The van der Waals surface area contributed by atoms with Crippen molar-refractivity contribution < 1.29 is 23.8 Å². The fourth-order valence-electron chi connectivity index (χ4n) is 2.09. The molecule has 1 N–H and O–H groups in total. The molecule has 0 fully saturated rings. The first-order valence-electron chi connectivity index (χ1n) is 6.27. The Balaban J connectivity index is 1.94. The third kappa shape index (κ3) is 3.27. The molecule has 0 saturated carbocycles. The molecule has 0 aliphatic carbocycles. The Kier molecular flexibility index (Phi) is 4.57. The van der Waals surface area contributed by atoms with Gasteiger partial charge in [0, 0.05) is 13.5 Å². The van der Waals surface area contributed by atoms with Crippen molar-refractivity contribution >= 4 is 11.9 Å². The first-order chi connectivity index (χ1) is 9.63. The third-order valence-electron chi connectivity index (χ3n) is 3.03. The fraction of sp³-hybridized carbons (Fsp3) is 0.429. The molecule has 1 aliphatic heterocycles. The number of esters is 1. The largest absolute Gasteiger partial charge is 0.488 e. The Hall–Kier alpha value is -2.08. The second-order valence-electron chi connectivity index (χ2n) is 4.50. The second kappa shape index (κ2) is 6.38. The summed E-state index contributed by atoms with van der Waals surface area (Å²) < 4.78 is 15.1. The zero-order valence-electron chi connectivity index (χ0n) is 11.5. The summed E-state index contributed by atoms with van der Waals surface area (Å²) in [6.07, 6.45) is 0.520. The molecule has 1 amide bonds. The molecule has 0 radical (unpaired) electrons. The first-order valence-corrected chi connectivity index (χ1v) is 6.27. The zero-order chi connectivity index (χ0) is 14.5. The van der Waals surface area contributed by atoms with Crippen molar-refractivity contribution in [3.63, 3.8) is 0 Å². The van der Waals surface area contributed by atoms with Crippen LogP contribution < -0.4 is 10.1 Å². The van der Waals surface area contributed by atoms with Crippen LogP contribution in [0.1, 0.15) is 15.9 Å². The van der Waals surface area contributed by atoms with Crippen molar-refractivity contribution in [2.45, 2.75) is 12.5 Å². The Morgan fingerprint density at radius 2 is 2.20 bits per heavy atom. The van der Waals surface area contributed by atoms with E-state index in [1.807, 2.05) is 0 Å². The Morgan fingerprint density at radius 3 is 2.90 bits per heavy atom. The van der Waals surface area contributed by atoms with E-state index in [4.69, 9.17) is 9.47 Å². The molecule has 20 heavy (non-hydrogen) atoms. The Bertz CT molecular complexity index is 514. The molecule has 6 nitrogen and oxygen atoms in total. The number of hydrogen-bond donors (Lipinski definition) is 1. The van der Waals surface area contributed by atoms with Crippen LogP contribution >= 0.6 is 0 Å². The lowest BCUT2D eigenvalue weighted by Gasteiger charge is -2.11. The van der Waals surface area contributed by atoms with Crippen molar-refractivity contribution in [1.82, 2.24) is 5.32 Å². The van der Waals surface area contributed by atoms with E-state index in [1.54, 1.807) is 18.2 Å². The first kappa shape index (κ1) is 14.3. The lowest BCUT2D eigenvalue weighted by Crippen LogP contribution is -2.36. The van der Waals surface area contributed by atoms with Crippen molar-refractivity contribution in [1.29, 1.82) is 0 Å². The number of rotatable bonds is 5. The highest BCUT2D eigenvalue weighted by Gasteiger charge is 2.24. The molecule has 1 aliphatic rings. The van der Waals surface area contributed by atoms with Crippen LogP contribution in [-0.2, 0) is 20.7 Å². The predicted octanol–water partition coefficient (Wildman–Crippen LogP) is 0.539. The molecule has 1 heterocycles. The number of carbonyl (C=O) groups excluding carboxylic acids is 2. The van der Waals surface area contributed by atoms with Gasteiger partial charge in [-0.25, -0.2) is 4.79 Å². The molecular weight excluding hydrogens is 262 g/mol. The van der Waals surface area contributed by atoms with Gasteiger partial charge in [0.15, 0.2) is 0 Å². The molecule has 6 heteroatoms. The molecule has 1 atom stereocenters. The highest BCUT2D eigenvalue weighted by molar-refractivity contribution is 5.89. The van der Waals surface area contributed by atoms with Gasteiger partial charge in [-0.2, -0.15) is 0 Å². The van der Waals surface area contributed by atoms with Crippen molar-refractivity contribution in [3.8, 4) is 5.75 Å². The molecular formula is C14H17NO5. The molecule has 0 spiro atoms. The van der Waals surface area contributed by atoms with E-state index in [1.165, 1.54) is 14.2 Å². The molecule has 2 rings (SSSR count). The number of carbonyl (C=O) groups is 2. The van der Waals surface area contributed by atoms with Crippen LogP contribution in [0.15, 0.2) is 18.2 Å². The maximum atomic E-state index is 11.4. The molecule has 0 aromatic heterocycles. The van der Waals surface area contributed by atoms with Gasteiger partial charge in [-0.1, -0.05) is 0 Å². The minimum Gasteiger partial charge on any atom is -0.488 e. The molecule has 0 bridgehead atoms. The number of fused-ring (bicyclic) bond motifs is 1. The normalized spacial score (nSPS) is 16.2. The van der Waals surface area contributed by atoms with Crippen LogP contribution in [0.3, 0.4) is 0 Å². The molecule has 1 aromatic rings. The van der Waals surface area contributed by atoms with E-state index in [0.717, 1.165) is 11.3 Å². The Morgan fingerprint density at radius 1 is 1.40 bits per heavy atom. The molecule has 108 valence electrons. The van der Waals surface area contributed by atoms with Crippen LogP contribution in [0.4, 0.5) is 0 Å². The summed E-state index contributed by atoms with van der Waals surface area (Å²) in [5.74, 6) is 0.190. The van der Waals surface area contributed by atoms with Crippen LogP contribution in [0.5, 0.6) is 5.75 Å². The van der Waals surface area contributed by atoms with Crippen LogP contribution in [0, 0.1) is 0 Å². The predicted molar refractivity (Wildman–Crippen MR) is 70.8 cm³/mol. The van der Waals surface area contributed by atoms with Crippen molar-refractivity contribution in [2.24, 2.45) is 0 Å². The maximum absolute atomic E-state index is 11.4. The third-order valence-corrected chi connectivity index (χ3v) is 3.03. The highest BCUT2D eigenvalue weighted by Crippen LogP contribution is 2.29. The van der Waals surface area contributed by atoms with E-state index in [2.05, 4.69) is 10.1 Å². The van der Waals surface area contributed by atoms with Gasteiger partial charge in [0.2, 0.25) is 5.91 Å². The number of benzene rings is 1. The fourth-order valence-corrected chi connectivity index (χ4v) is 2.09. The molecule has 0 saturated heterocycles. The second-order valence-corrected chi connectivity index (χ2v) is 4.50. The SMILES string of the molecule is COCC(=O)NCC1Cc2cc(C(=O)OC)ccc2O1. The summed E-state index contributed by atoms with van der Waals surface area (Å²) in [4.78, 5) is 22.7. The number of nitrogens with one attached hydrogen (secondary N) is 1. The van der Waals surface area contributed by atoms with Gasteiger partial charge >= 0.3 is 5.97 Å². The van der Waals surface area contributed by atoms with Gasteiger partial charge in [-0.15, -0.1) is 0 Å². The minimum absolute atomic E-state index is 0.0339. The van der Waals surface area contributed by atoms with Crippen LogP contribution in [-0.4, -0.2) is 45.4 Å². The summed E-state index contributed by atoms with van der Waals surface area (Å²) in [6.45, 7) is 0.441. The van der Waals surface area contributed by atoms with E-state index in [-0.39, 0.29) is 24.6 Å². The van der Waals surface area contributed by atoms with E-state index in [9.17, 15) is 9.59 Å². The van der Waals surface area contributed by atoms with Gasteiger partial charge in [0.25, 0.3) is 0 Å². The monoisotopic (exact) mass is 279 g/mol. The van der Waals surface area contributed by atoms with Crippen molar-refractivity contribution in [2.75, 3.05) is 27.4 Å². The number of methoxy groups -OCH3 is 2. The number of amides is 1. The standard InChI is InChI=1S/C14H17NO5/c1-18-8-13(16)15-7-11-6-10-5-9(14(17)19-2)3-4-12(10)20-11/h3-5,11H,6-8H2,1-2H3,(H,15,16). The number of hydrogen-bond acceptors (Lipinski definition) is 5. The summed E-state index contributed by atoms with van der Waals surface area (Å²) in [5, 5.41) is 2.73. The number of ether oxygens (including phenoxy) is 3. The quantitative estimate of drug-likeness (QED) is 0.796. The van der Waals surface area contributed by atoms with Gasteiger partial charge in [0.1, 0.15) is 18.5 Å². The molecule has 1 unspecified atom stereocenters. The van der Waals surface area contributed by atoms with E-state index in [0.29, 0.717) is 18.5 Å². The highest BCUT2D eigenvalue weighted by atomic mass is 16.5. The summed E-state index contributed by atoms with van der Waals surface area (Å²) in [7, 11) is 2.82. The van der Waals surface area contributed by atoms with Gasteiger partial charge in [-0.3, -0.25) is 4.79 Å². The van der Waals surface area contributed by atoms with E-state index < -0.39 is 0 Å².